The molecule has 0 saturated heterocycles. The Bertz CT molecular complexity index is 1030. The smallest absolute Gasteiger partial charge is 0.228 e. The summed E-state index contributed by atoms with van der Waals surface area (Å²) in [6.07, 6.45) is 0.326. The molecule has 0 bridgehead atoms. The first kappa shape index (κ1) is 16.6. The molecule has 0 aliphatic carbocycles. The van der Waals surface area contributed by atoms with Crippen LogP contribution in [0.1, 0.15) is 5.56 Å². The number of hydrogen-bond acceptors (Lipinski definition) is 2. The lowest BCUT2D eigenvalue weighted by molar-refractivity contribution is -0.115. The summed E-state index contributed by atoms with van der Waals surface area (Å²) in [5.74, 6) is 0.769. The molecule has 0 aliphatic heterocycles. The quantitative estimate of drug-likeness (QED) is 0.449. The molecule has 3 aromatic carbocycles. The fraction of sp³-hybridized carbons (Fsp3) is 0.0455. The maximum atomic E-state index is 12.3. The minimum absolute atomic E-state index is 0.0478. The van der Waals surface area contributed by atoms with Gasteiger partial charge < -0.3 is 9.73 Å². The number of halogens is 1. The number of fused-ring (bicyclic) bond motifs is 1. The van der Waals surface area contributed by atoms with Gasteiger partial charge in [0.25, 0.3) is 0 Å². The molecule has 0 radical (unpaired) electrons. The van der Waals surface area contributed by atoms with E-state index in [0.717, 1.165) is 38.0 Å². The van der Waals surface area contributed by atoms with Crippen LogP contribution in [0.2, 0.25) is 0 Å². The molecule has 4 rings (SSSR count). The molecule has 4 heteroatoms. The van der Waals surface area contributed by atoms with Gasteiger partial charge in [-0.05, 0) is 48.0 Å². The molecule has 1 aromatic heterocycles. The highest BCUT2D eigenvalue weighted by molar-refractivity contribution is 9.10. The maximum absolute atomic E-state index is 12.3. The Morgan fingerprint density at radius 1 is 0.923 bits per heavy atom. The van der Waals surface area contributed by atoms with Crippen LogP contribution >= 0.6 is 15.9 Å². The number of para-hydroxylation sites is 1. The number of furan rings is 1. The van der Waals surface area contributed by atoms with Crippen molar-refractivity contribution in [2.45, 2.75) is 6.42 Å². The average Bonchev–Trinajstić information content (AvgIpc) is 3.08. The number of hydrogen-bond donors (Lipinski definition) is 1. The van der Waals surface area contributed by atoms with Crippen LogP contribution in [0.5, 0.6) is 0 Å². The van der Waals surface area contributed by atoms with Crippen LogP contribution in [0.25, 0.3) is 22.3 Å². The van der Waals surface area contributed by atoms with Gasteiger partial charge in [0, 0.05) is 21.1 Å². The van der Waals surface area contributed by atoms with E-state index in [4.69, 9.17) is 4.42 Å². The number of anilines is 1. The van der Waals surface area contributed by atoms with E-state index < -0.39 is 0 Å². The first-order valence-corrected chi connectivity index (χ1v) is 9.10. The Balaban J connectivity index is 1.47. The Kier molecular flexibility index (Phi) is 4.59. The van der Waals surface area contributed by atoms with Crippen molar-refractivity contribution in [3.05, 3.63) is 88.9 Å². The second-order valence-corrected chi connectivity index (χ2v) is 6.90. The van der Waals surface area contributed by atoms with Crippen molar-refractivity contribution in [3.8, 4) is 11.3 Å². The largest absolute Gasteiger partial charge is 0.456 e. The van der Waals surface area contributed by atoms with Gasteiger partial charge in [-0.1, -0.05) is 52.3 Å². The zero-order valence-electron chi connectivity index (χ0n) is 13.9. The van der Waals surface area contributed by atoms with Gasteiger partial charge in [0.2, 0.25) is 5.91 Å². The summed E-state index contributed by atoms with van der Waals surface area (Å²) in [6.45, 7) is 0. The molecule has 0 saturated carbocycles. The number of carbonyl (C=O) groups is 1. The average molecular weight is 406 g/mol. The monoisotopic (exact) mass is 405 g/mol. The van der Waals surface area contributed by atoms with E-state index in [2.05, 4.69) is 21.2 Å². The topological polar surface area (TPSA) is 42.2 Å². The number of rotatable bonds is 4. The van der Waals surface area contributed by atoms with Crippen LogP contribution < -0.4 is 5.32 Å². The normalized spacial score (nSPS) is 10.8. The molecule has 128 valence electrons. The lowest BCUT2D eigenvalue weighted by Gasteiger charge is -2.07. The van der Waals surface area contributed by atoms with Gasteiger partial charge in [0.15, 0.2) is 0 Å². The molecule has 1 heterocycles. The van der Waals surface area contributed by atoms with E-state index in [9.17, 15) is 4.79 Å². The first-order valence-electron chi connectivity index (χ1n) is 8.31. The molecule has 0 fully saturated rings. The van der Waals surface area contributed by atoms with Crippen LogP contribution in [-0.2, 0) is 11.2 Å². The number of carbonyl (C=O) groups excluding carboxylic acids is 1. The number of amides is 1. The predicted molar refractivity (Wildman–Crippen MR) is 108 cm³/mol. The molecule has 0 unspecified atom stereocenters. The maximum Gasteiger partial charge on any atom is 0.228 e. The van der Waals surface area contributed by atoms with Gasteiger partial charge >= 0.3 is 0 Å². The van der Waals surface area contributed by atoms with Crippen molar-refractivity contribution in [1.82, 2.24) is 0 Å². The molecule has 0 spiro atoms. The van der Waals surface area contributed by atoms with Gasteiger partial charge in [-0.15, -0.1) is 0 Å². The van der Waals surface area contributed by atoms with Gasteiger partial charge in [-0.2, -0.15) is 0 Å². The Morgan fingerprint density at radius 3 is 2.42 bits per heavy atom. The second-order valence-electron chi connectivity index (χ2n) is 6.04. The number of benzene rings is 3. The second kappa shape index (κ2) is 7.18. The van der Waals surface area contributed by atoms with E-state index >= 15 is 0 Å². The highest BCUT2D eigenvalue weighted by Crippen LogP contribution is 2.28. The van der Waals surface area contributed by atoms with Crippen LogP contribution in [0.15, 0.2) is 87.8 Å². The summed E-state index contributed by atoms with van der Waals surface area (Å²) in [5, 5.41) is 4.01. The highest BCUT2D eigenvalue weighted by atomic mass is 79.9. The molecule has 0 atom stereocenters. The van der Waals surface area contributed by atoms with Gasteiger partial charge in [0.05, 0.1) is 6.42 Å². The van der Waals surface area contributed by atoms with Crippen LogP contribution in [0.3, 0.4) is 0 Å². The summed E-state index contributed by atoms with van der Waals surface area (Å²) in [5.41, 5.74) is 3.57. The molecule has 0 aliphatic rings. The predicted octanol–water partition coefficient (Wildman–Crippen LogP) is 6.04. The van der Waals surface area contributed by atoms with Crippen LogP contribution in [0.4, 0.5) is 5.69 Å². The summed E-state index contributed by atoms with van der Waals surface area (Å²) >= 11 is 3.47. The fourth-order valence-electron chi connectivity index (χ4n) is 2.86. The van der Waals surface area contributed by atoms with Crippen molar-refractivity contribution >= 4 is 38.5 Å². The van der Waals surface area contributed by atoms with E-state index in [1.807, 2.05) is 78.9 Å². The summed E-state index contributed by atoms with van der Waals surface area (Å²) in [7, 11) is 0. The molecule has 1 amide bonds. The zero-order chi connectivity index (χ0) is 17.9. The van der Waals surface area contributed by atoms with E-state index in [1.165, 1.54) is 0 Å². The molecule has 1 N–H and O–H groups in total. The highest BCUT2D eigenvalue weighted by Gasteiger charge is 2.08. The van der Waals surface area contributed by atoms with Crippen molar-refractivity contribution in [3.63, 3.8) is 0 Å². The third-order valence-electron chi connectivity index (χ3n) is 4.19. The van der Waals surface area contributed by atoms with Crippen molar-refractivity contribution in [1.29, 1.82) is 0 Å². The molecule has 3 nitrogen and oxygen atoms in total. The summed E-state index contributed by atoms with van der Waals surface area (Å²) in [6, 6.07) is 25.4. The third kappa shape index (κ3) is 3.55. The molecule has 4 aromatic rings. The standard InChI is InChI=1S/C22H16BrNO2/c23-19-7-3-1-5-16(19)14-22(25)24-18-11-9-15(10-12-18)21-13-17-6-2-4-8-20(17)26-21/h1-13H,14H2,(H,24,25). The Labute approximate surface area is 159 Å². The van der Waals surface area contributed by atoms with E-state index in [0.29, 0.717) is 6.42 Å². The van der Waals surface area contributed by atoms with Crippen molar-refractivity contribution < 1.29 is 9.21 Å². The zero-order valence-corrected chi connectivity index (χ0v) is 15.5. The van der Waals surface area contributed by atoms with E-state index in [1.54, 1.807) is 0 Å². The number of nitrogens with one attached hydrogen (secondary N) is 1. The van der Waals surface area contributed by atoms with Crippen molar-refractivity contribution in [2.24, 2.45) is 0 Å². The third-order valence-corrected chi connectivity index (χ3v) is 4.96. The van der Waals surface area contributed by atoms with Crippen LogP contribution in [0, 0.1) is 0 Å². The van der Waals surface area contributed by atoms with Crippen LogP contribution in [-0.4, -0.2) is 5.91 Å². The lowest BCUT2D eigenvalue weighted by Crippen LogP contribution is -2.14. The molecular formula is C22H16BrNO2. The molecular weight excluding hydrogens is 390 g/mol. The van der Waals surface area contributed by atoms with Gasteiger partial charge in [-0.25, -0.2) is 0 Å². The first-order chi connectivity index (χ1) is 12.7. The van der Waals surface area contributed by atoms with E-state index in [-0.39, 0.29) is 5.91 Å². The molecule has 26 heavy (non-hydrogen) atoms. The summed E-state index contributed by atoms with van der Waals surface area (Å²) in [4.78, 5) is 12.3. The Morgan fingerprint density at radius 2 is 1.65 bits per heavy atom. The van der Waals surface area contributed by atoms with Gasteiger partial charge in [0.1, 0.15) is 11.3 Å². The SMILES string of the molecule is O=C(Cc1ccccc1Br)Nc1ccc(-c2cc3ccccc3o2)cc1. The minimum Gasteiger partial charge on any atom is -0.456 e. The lowest BCUT2D eigenvalue weighted by atomic mass is 10.1. The fourth-order valence-corrected chi connectivity index (χ4v) is 3.29. The summed E-state index contributed by atoms with van der Waals surface area (Å²) < 4.78 is 6.81. The Hall–Kier alpha value is -2.85. The minimum atomic E-state index is -0.0478. The van der Waals surface area contributed by atoms with Gasteiger partial charge in [-0.3, -0.25) is 4.79 Å². The van der Waals surface area contributed by atoms with Crippen molar-refractivity contribution in [2.75, 3.05) is 5.32 Å².